The standard InChI is InChI=1S/C16H22N4O4/c1-10(2)19(3)9-12-11-8-20(6-5-13(11)23-17-12)16(21)14-7-15(22-4)18-24-14/h7,10H,5-6,8-9H2,1-4H3. The maximum Gasteiger partial charge on any atom is 0.292 e. The van der Waals surface area contributed by atoms with Gasteiger partial charge < -0.3 is 18.7 Å². The topological polar surface area (TPSA) is 84.8 Å². The summed E-state index contributed by atoms with van der Waals surface area (Å²) in [5.41, 5.74) is 1.88. The fourth-order valence-electron chi connectivity index (χ4n) is 2.59. The summed E-state index contributed by atoms with van der Waals surface area (Å²) in [7, 11) is 3.52. The van der Waals surface area contributed by atoms with Gasteiger partial charge in [-0.25, -0.2) is 0 Å². The van der Waals surface area contributed by atoms with E-state index in [0.29, 0.717) is 38.0 Å². The molecule has 2 aromatic rings. The minimum absolute atomic E-state index is 0.174. The van der Waals surface area contributed by atoms with Gasteiger partial charge in [-0.15, -0.1) is 0 Å². The Kier molecular flexibility index (Phi) is 4.57. The largest absolute Gasteiger partial charge is 0.479 e. The highest BCUT2D eigenvalue weighted by molar-refractivity contribution is 5.91. The maximum absolute atomic E-state index is 12.6. The van der Waals surface area contributed by atoms with Crippen molar-refractivity contribution >= 4 is 5.91 Å². The summed E-state index contributed by atoms with van der Waals surface area (Å²) in [6.45, 7) is 5.96. The molecule has 0 saturated heterocycles. The van der Waals surface area contributed by atoms with Crippen molar-refractivity contribution in [3.05, 3.63) is 28.8 Å². The van der Waals surface area contributed by atoms with Crippen LogP contribution in [0.15, 0.2) is 15.1 Å². The summed E-state index contributed by atoms with van der Waals surface area (Å²) >= 11 is 0. The zero-order chi connectivity index (χ0) is 17.3. The average molecular weight is 334 g/mol. The molecule has 0 radical (unpaired) electrons. The minimum atomic E-state index is -0.208. The van der Waals surface area contributed by atoms with Gasteiger partial charge in [0.15, 0.2) is 0 Å². The second-order valence-corrected chi connectivity index (χ2v) is 6.25. The third-order valence-electron chi connectivity index (χ3n) is 4.39. The highest BCUT2D eigenvalue weighted by atomic mass is 16.5. The van der Waals surface area contributed by atoms with Crippen LogP contribution in [0, 0.1) is 0 Å². The second-order valence-electron chi connectivity index (χ2n) is 6.25. The molecule has 3 rings (SSSR count). The van der Waals surface area contributed by atoms with Crippen molar-refractivity contribution in [1.82, 2.24) is 20.1 Å². The van der Waals surface area contributed by atoms with E-state index >= 15 is 0 Å². The molecule has 0 fully saturated rings. The molecule has 0 spiro atoms. The first kappa shape index (κ1) is 16.5. The summed E-state index contributed by atoms with van der Waals surface area (Å²) in [5, 5.41) is 7.87. The lowest BCUT2D eigenvalue weighted by Gasteiger charge is -2.26. The summed E-state index contributed by atoms with van der Waals surface area (Å²) in [4.78, 5) is 16.5. The van der Waals surface area contributed by atoms with Crippen LogP contribution in [0.1, 0.15) is 41.4 Å². The Morgan fingerprint density at radius 2 is 2.21 bits per heavy atom. The number of ether oxygens (including phenoxy) is 1. The van der Waals surface area contributed by atoms with Gasteiger partial charge in [0, 0.05) is 31.1 Å². The van der Waals surface area contributed by atoms with E-state index in [1.165, 1.54) is 13.2 Å². The average Bonchev–Trinajstić information content (AvgIpc) is 3.21. The van der Waals surface area contributed by atoms with E-state index in [4.69, 9.17) is 13.8 Å². The first-order valence-electron chi connectivity index (χ1n) is 7.96. The maximum atomic E-state index is 12.6. The molecule has 8 heteroatoms. The number of methoxy groups -OCH3 is 1. The van der Waals surface area contributed by atoms with E-state index < -0.39 is 0 Å². The highest BCUT2D eigenvalue weighted by Gasteiger charge is 2.29. The van der Waals surface area contributed by atoms with E-state index in [0.717, 1.165) is 17.0 Å². The van der Waals surface area contributed by atoms with Crippen LogP contribution < -0.4 is 4.74 Å². The molecular weight excluding hydrogens is 312 g/mol. The van der Waals surface area contributed by atoms with Crippen LogP contribution in [0.3, 0.4) is 0 Å². The second kappa shape index (κ2) is 6.64. The van der Waals surface area contributed by atoms with Gasteiger partial charge >= 0.3 is 0 Å². The molecular formula is C16H22N4O4. The van der Waals surface area contributed by atoms with Gasteiger partial charge in [0.25, 0.3) is 11.8 Å². The quantitative estimate of drug-likeness (QED) is 0.823. The molecule has 0 bridgehead atoms. The van der Waals surface area contributed by atoms with Gasteiger partial charge in [0.05, 0.1) is 19.7 Å². The van der Waals surface area contributed by atoms with Gasteiger partial charge in [-0.3, -0.25) is 9.69 Å². The molecule has 0 saturated carbocycles. The molecule has 1 aliphatic rings. The van der Waals surface area contributed by atoms with Crippen LogP contribution in [0.2, 0.25) is 0 Å². The smallest absolute Gasteiger partial charge is 0.292 e. The van der Waals surface area contributed by atoms with Crippen molar-refractivity contribution in [1.29, 1.82) is 0 Å². The van der Waals surface area contributed by atoms with Crippen molar-refractivity contribution in [3.8, 4) is 5.88 Å². The number of amides is 1. The van der Waals surface area contributed by atoms with Gasteiger partial charge in [-0.05, 0) is 26.1 Å². The minimum Gasteiger partial charge on any atom is -0.479 e. The number of carbonyl (C=O) groups is 1. The number of hydrogen-bond donors (Lipinski definition) is 0. The van der Waals surface area contributed by atoms with Gasteiger partial charge in [-0.2, -0.15) is 0 Å². The predicted octanol–water partition coefficient (Wildman–Crippen LogP) is 1.71. The number of nitrogens with zero attached hydrogens (tertiary/aromatic N) is 4. The fourth-order valence-corrected chi connectivity index (χ4v) is 2.59. The highest BCUT2D eigenvalue weighted by Crippen LogP contribution is 2.25. The lowest BCUT2D eigenvalue weighted by Crippen LogP contribution is -2.36. The Hall–Kier alpha value is -2.35. The van der Waals surface area contributed by atoms with Crippen molar-refractivity contribution in [3.63, 3.8) is 0 Å². The lowest BCUT2D eigenvalue weighted by molar-refractivity contribution is 0.0686. The first-order valence-corrected chi connectivity index (χ1v) is 7.96. The lowest BCUT2D eigenvalue weighted by atomic mass is 10.1. The number of aromatic nitrogens is 2. The monoisotopic (exact) mass is 334 g/mol. The van der Waals surface area contributed by atoms with Crippen molar-refractivity contribution in [2.75, 3.05) is 20.7 Å². The summed E-state index contributed by atoms with van der Waals surface area (Å²) in [6.07, 6.45) is 0.644. The van der Waals surface area contributed by atoms with E-state index in [2.05, 4.69) is 29.1 Å². The van der Waals surface area contributed by atoms with Crippen molar-refractivity contribution in [2.45, 2.75) is 39.4 Å². The predicted molar refractivity (Wildman–Crippen MR) is 84.6 cm³/mol. The zero-order valence-corrected chi connectivity index (χ0v) is 14.4. The molecule has 0 atom stereocenters. The van der Waals surface area contributed by atoms with Crippen LogP contribution in [0.4, 0.5) is 0 Å². The number of fused-ring (bicyclic) bond motifs is 1. The van der Waals surface area contributed by atoms with Gasteiger partial charge in [0.2, 0.25) is 5.76 Å². The number of rotatable bonds is 5. The third kappa shape index (κ3) is 3.14. The Bertz CT molecular complexity index is 721. The van der Waals surface area contributed by atoms with Crippen LogP contribution in [0.25, 0.3) is 0 Å². The summed E-state index contributed by atoms with van der Waals surface area (Å²) < 4.78 is 15.5. The first-order chi connectivity index (χ1) is 11.5. The molecule has 1 amide bonds. The number of carbonyl (C=O) groups excluding carboxylic acids is 1. The molecule has 1 aliphatic heterocycles. The molecule has 0 aliphatic carbocycles. The fraction of sp³-hybridized carbons (Fsp3) is 0.562. The molecule has 8 nitrogen and oxygen atoms in total. The molecule has 130 valence electrons. The third-order valence-corrected chi connectivity index (χ3v) is 4.39. The van der Waals surface area contributed by atoms with Gasteiger partial charge in [-0.1, -0.05) is 5.16 Å². The van der Waals surface area contributed by atoms with Gasteiger partial charge in [0.1, 0.15) is 11.5 Å². The van der Waals surface area contributed by atoms with Crippen molar-refractivity contribution in [2.24, 2.45) is 0 Å². The Morgan fingerprint density at radius 3 is 2.88 bits per heavy atom. The normalized spacial score (nSPS) is 14.3. The van der Waals surface area contributed by atoms with E-state index in [1.807, 2.05) is 7.05 Å². The van der Waals surface area contributed by atoms with E-state index in [1.54, 1.807) is 4.90 Å². The molecule has 2 aromatic heterocycles. The van der Waals surface area contributed by atoms with Crippen LogP contribution in [-0.4, -0.2) is 52.8 Å². The van der Waals surface area contributed by atoms with Crippen LogP contribution in [0.5, 0.6) is 5.88 Å². The molecule has 0 aromatic carbocycles. The molecule has 24 heavy (non-hydrogen) atoms. The van der Waals surface area contributed by atoms with Crippen molar-refractivity contribution < 1.29 is 18.6 Å². The zero-order valence-electron chi connectivity index (χ0n) is 14.4. The molecule has 0 N–H and O–H groups in total. The summed E-state index contributed by atoms with van der Waals surface area (Å²) in [6, 6.07) is 1.90. The molecule has 3 heterocycles. The Balaban J connectivity index is 1.75. The Morgan fingerprint density at radius 1 is 1.42 bits per heavy atom. The Labute approximate surface area is 140 Å². The van der Waals surface area contributed by atoms with E-state index in [9.17, 15) is 4.79 Å². The van der Waals surface area contributed by atoms with Crippen LogP contribution >= 0.6 is 0 Å². The summed E-state index contributed by atoms with van der Waals surface area (Å²) in [5.74, 6) is 1.12. The number of hydrogen-bond acceptors (Lipinski definition) is 7. The van der Waals surface area contributed by atoms with E-state index in [-0.39, 0.29) is 11.7 Å². The molecule has 0 unspecified atom stereocenters. The van der Waals surface area contributed by atoms with Crippen LogP contribution in [-0.2, 0) is 19.5 Å². The SMILES string of the molecule is COc1cc(C(=O)N2CCc3onc(CN(C)C(C)C)c3C2)on1.